The highest BCUT2D eigenvalue weighted by molar-refractivity contribution is 6.11. The van der Waals surface area contributed by atoms with Crippen molar-refractivity contribution in [2.24, 2.45) is 5.92 Å². The van der Waals surface area contributed by atoms with E-state index in [4.69, 9.17) is 10.4 Å². The minimum Gasteiger partial charge on any atom is -0.382 e. The van der Waals surface area contributed by atoms with Gasteiger partial charge in [0.25, 0.3) is 0 Å². The number of nitrogens with one attached hydrogen (secondary N) is 2. The Bertz CT molecular complexity index is 1410. The molecule has 1 aliphatic heterocycles. The van der Waals surface area contributed by atoms with E-state index in [9.17, 15) is 4.39 Å². The molecule has 1 aliphatic carbocycles. The van der Waals surface area contributed by atoms with Gasteiger partial charge in [-0.1, -0.05) is 30.3 Å². The second-order valence-electron chi connectivity index (χ2n) is 10.3. The van der Waals surface area contributed by atoms with Gasteiger partial charge in [-0.25, -0.2) is 9.37 Å². The van der Waals surface area contributed by atoms with Crippen molar-refractivity contribution < 1.29 is 4.39 Å². The number of hydrogen-bond acceptors (Lipinski definition) is 4. The summed E-state index contributed by atoms with van der Waals surface area (Å²) >= 11 is 0. The lowest BCUT2D eigenvalue weighted by Gasteiger charge is -2.34. The van der Waals surface area contributed by atoms with Gasteiger partial charge in [0.15, 0.2) is 0 Å². The third-order valence-electron chi connectivity index (χ3n) is 7.53. The van der Waals surface area contributed by atoms with Crippen molar-refractivity contribution in [3.05, 3.63) is 89.2 Å². The number of imidazole rings is 1. The first-order valence-corrected chi connectivity index (χ1v) is 13.0. The van der Waals surface area contributed by atoms with Gasteiger partial charge in [0.2, 0.25) is 5.95 Å². The SMILES string of the molecule is Cc1cc(NC2CCN(c3nc4ccccc4n3CC3CC3)CC2)ccc1C(=N)c1cccc(F)c1. The lowest BCUT2D eigenvalue weighted by molar-refractivity contribution is 0.509. The molecule has 0 radical (unpaired) electrons. The highest BCUT2D eigenvalue weighted by Gasteiger charge is 2.28. The van der Waals surface area contributed by atoms with E-state index in [0.717, 1.165) is 66.7 Å². The number of hydrogen-bond donors (Lipinski definition) is 2. The van der Waals surface area contributed by atoms with Crippen LogP contribution in [0.1, 0.15) is 42.4 Å². The zero-order valence-corrected chi connectivity index (χ0v) is 20.7. The molecule has 1 saturated carbocycles. The number of nitrogens with zero attached hydrogens (tertiary/aromatic N) is 3. The van der Waals surface area contributed by atoms with Crippen molar-refractivity contribution >= 4 is 28.4 Å². The molecule has 2 aliphatic rings. The number of aryl methyl sites for hydroxylation is 1. The first-order valence-electron chi connectivity index (χ1n) is 13.0. The predicted octanol–water partition coefficient (Wildman–Crippen LogP) is 6.39. The Morgan fingerprint density at radius 3 is 2.56 bits per heavy atom. The lowest BCUT2D eigenvalue weighted by Crippen LogP contribution is -2.40. The fraction of sp³-hybridized carbons (Fsp3) is 0.333. The van der Waals surface area contributed by atoms with Crippen LogP contribution in [-0.4, -0.2) is 34.4 Å². The largest absolute Gasteiger partial charge is 0.382 e. The van der Waals surface area contributed by atoms with E-state index >= 15 is 0 Å². The zero-order valence-electron chi connectivity index (χ0n) is 20.7. The molecule has 6 rings (SSSR count). The van der Waals surface area contributed by atoms with Crippen LogP contribution in [0.5, 0.6) is 0 Å². The van der Waals surface area contributed by atoms with E-state index in [1.807, 2.05) is 19.1 Å². The molecule has 36 heavy (non-hydrogen) atoms. The second-order valence-corrected chi connectivity index (χ2v) is 10.3. The molecule has 2 heterocycles. The van der Waals surface area contributed by atoms with Crippen molar-refractivity contribution in [3.63, 3.8) is 0 Å². The zero-order chi connectivity index (χ0) is 24.6. The van der Waals surface area contributed by atoms with E-state index in [1.54, 1.807) is 12.1 Å². The maximum Gasteiger partial charge on any atom is 0.206 e. The number of anilines is 2. The molecule has 0 unspecified atom stereocenters. The molecule has 5 nitrogen and oxygen atoms in total. The molecular formula is C30H32FN5. The monoisotopic (exact) mass is 481 g/mol. The van der Waals surface area contributed by atoms with Crippen LogP contribution < -0.4 is 10.2 Å². The minimum absolute atomic E-state index is 0.317. The Balaban J connectivity index is 1.12. The normalized spacial score (nSPS) is 16.4. The van der Waals surface area contributed by atoms with E-state index < -0.39 is 0 Å². The van der Waals surface area contributed by atoms with Gasteiger partial charge in [-0.2, -0.15) is 0 Å². The van der Waals surface area contributed by atoms with Crippen LogP contribution in [0.2, 0.25) is 0 Å². The quantitative estimate of drug-likeness (QED) is 0.301. The fourth-order valence-electron chi connectivity index (χ4n) is 5.34. The van der Waals surface area contributed by atoms with Crippen LogP contribution in [0, 0.1) is 24.1 Å². The van der Waals surface area contributed by atoms with E-state index in [0.29, 0.717) is 17.3 Å². The van der Waals surface area contributed by atoms with Gasteiger partial charge in [-0.15, -0.1) is 0 Å². The third-order valence-corrected chi connectivity index (χ3v) is 7.53. The lowest BCUT2D eigenvalue weighted by atomic mass is 9.97. The summed E-state index contributed by atoms with van der Waals surface area (Å²) < 4.78 is 16.1. The average molecular weight is 482 g/mol. The highest BCUT2D eigenvalue weighted by atomic mass is 19.1. The Morgan fingerprint density at radius 1 is 1.00 bits per heavy atom. The summed E-state index contributed by atoms with van der Waals surface area (Å²) in [4.78, 5) is 7.47. The van der Waals surface area contributed by atoms with Crippen LogP contribution in [-0.2, 0) is 6.54 Å². The van der Waals surface area contributed by atoms with Crippen LogP contribution in [0.4, 0.5) is 16.0 Å². The average Bonchev–Trinajstić information content (AvgIpc) is 3.64. The van der Waals surface area contributed by atoms with Crippen molar-refractivity contribution in [2.45, 2.75) is 45.2 Å². The summed E-state index contributed by atoms with van der Waals surface area (Å²) in [7, 11) is 0. The maximum absolute atomic E-state index is 13.6. The van der Waals surface area contributed by atoms with Crippen molar-refractivity contribution in [1.29, 1.82) is 5.41 Å². The van der Waals surface area contributed by atoms with Gasteiger partial charge in [0.05, 0.1) is 16.7 Å². The number of benzene rings is 3. The number of piperidine rings is 1. The number of aromatic nitrogens is 2. The summed E-state index contributed by atoms with van der Waals surface area (Å²) in [6, 6.07) is 21.3. The molecule has 2 fully saturated rings. The Labute approximate surface area is 211 Å². The molecule has 0 bridgehead atoms. The first-order chi connectivity index (χ1) is 17.5. The van der Waals surface area contributed by atoms with Gasteiger partial charge in [-0.3, -0.25) is 5.41 Å². The third kappa shape index (κ3) is 4.60. The molecule has 0 amide bonds. The Morgan fingerprint density at radius 2 is 1.81 bits per heavy atom. The van der Waals surface area contributed by atoms with Crippen LogP contribution in [0.3, 0.4) is 0 Å². The number of para-hydroxylation sites is 2. The van der Waals surface area contributed by atoms with Crippen molar-refractivity contribution in [1.82, 2.24) is 9.55 Å². The van der Waals surface area contributed by atoms with Crippen molar-refractivity contribution in [3.8, 4) is 0 Å². The van der Waals surface area contributed by atoms with Crippen LogP contribution >= 0.6 is 0 Å². The number of rotatable bonds is 7. The summed E-state index contributed by atoms with van der Waals surface area (Å²) in [6.45, 7) is 5.05. The molecule has 6 heteroatoms. The topological polar surface area (TPSA) is 56.9 Å². The second kappa shape index (κ2) is 9.41. The van der Waals surface area contributed by atoms with E-state index in [1.165, 1.54) is 30.5 Å². The van der Waals surface area contributed by atoms with E-state index in [-0.39, 0.29) is 5.82 Å². The maximum atomic E-state index is 13.6. The number of halogens is 1. The molecule has 4 aromatic rings. The highest BCUT2D eigenvalue weighted by Crippen LogP contribution is 2.35. The minimum atomic E-state index is -0.317. The molecule has 0 atom stereocenters. The van der Waals surface area contributed by atoms with Gasteiger partial charge < -0.3 is 14.8 Å². The summed E-state index contributed by atoms with van der Waals surface area (Å²) in [5.74, 6) is 1.61. The van der Waals surface area contributed by atoms with Gasteiger partial charge >= 0.3 is 0 Å². The first kappa shape index (κ1) is 22.8. The number of fused-ring (bicyclic) bond motifs is 1. The standard InChI is InChI=1S/C30H32FN5/c1-20-17-25(11-12-26(20)29(32)22-5-4-6-23(31)18-22)33-24-13-15-35(16-14-24)30-34-27-7-2-3-8-28(27)36(30)19-21-9-10-21/h2-8,11-12,17-18,21,24,32-33H,9-10,13-16,19H2,1H3. The molecule has 2 N–H and O–H groups in total. The van der Waals surface area contributed by atoms with Gasteiger partial charge in [0.1, 0.15) is 5.82 Å². The van der Waals surface area contributed by atoms with Crippen LogP contribution in [0.15, 0.2) is 66.7 Å². The smallest absolute Gasteiger partial charge is 0.206 e. The van der Waals surface area contributed by atoms with E-state index in [2.05, 4.69) is 45.1 Å². The summed E-state index contributed by atoms with van der Waals surface area (Å²) in [5.41, 5.74) is 6.20. The fourth-order valence-corrected chi connectivity index (χ4v) is 5.34. The molecule has 1 aromatic heterocycles. The summed E-state index contributed by atoms with van der Waals surface area (Å²) in [6.07, 6.45) is 4.76. The molecule has 3 aromatic carbocycles. The predicted molar refractivity (Wildman–Crippen MR) is 145 cm³/mol. The van der Waals surface area contributed by atoms with Crippen molar-refractivity contribution in [2.75, 3.05) is 23.3 Å². The van der Waals surface area contributed by atoms with Crippen LogP contribution in [0.25, 0.3) is 11.0 Å². The summed E-state index contributed by atoms with van der Waals surface area (Å²) in [5, 5.41) is 12.2. The van der Waals surface area contributed by atoms with Gasteiger partial charge in [0, 0.05) is 42.5 Å². The Hall–Kier alpha value is -3.67. The molecular weight excluding hydrogens is 449 g/mol. The molecule has 184 valence electrons. The molecule has 1 saturated heterocycles. The molecule has 0 spiro atoms. The van der Waals surface area contributed by atoms with Gasteiger partial charge in [-0.05, 0) is 80.5 Å². The Kier molecular flexibility index (Phi) is 5.96.